The molecule has 0 aliphatic carbocycles. The van der Waals surface area contributed by atoms with Gasteiger partial charge in [-0.2, -0.15) is 0 Å². The first kappa shape index (κ1) is 21.3. The van der Waals surface area contributed by atoms with Crippen molar-refractivity contribution in [3.8, 4) is 0 Å². The lowest BCUT2D eigenvalue weighted by Crippen LogP contribution is -2.38. The summed E-state index contributed by atoms with van der Waals surface area (Å²) < 4.78 is 32.5. The minimum absolute atomic E-state index is 0.0503. The predicted octanol–water partition coefficient (Wildman–Crippen LogP) is 3.85. The average Bonchev–Trinajstić information content (AvgIpc) is 3.33. The lowest BCUT2D eigenvalue weighted by molar-refractivity contribution is 0.0690. The molecule has 3 aromatic rings. The number of likely N-dealkylation sites (tertiary alicyclic amines) is 1. The lowest BCUT2D eigenvalue weighted by Gasteiger charge is -2.32. The van der Waals surface area contributed by atoms with Crippen LogP contribution in [-0.2, 0) is 23.0 Å². The van der Waals surface area contributed by atoms with Gasteiger partial charge >= 0.3 is 0 Å². The highest BCUT2D eigenvalue weighted by Gasteiger charge is 2.24. The topological polar surface area (TPSA) is 79.6 Å². The van der Waals surface area contributed by atoms with Crippen LogP contribution in [0.3, 0.4) is 0 Å². The van der Waals surface area contributed by atoms with Gasteiger partial charge in [-0.1, -0.05) is 30.3 Å². The standard InChI is InChI=1S/C24H26N2O4S/c27-24(26-14-12-20(13-15-26)17-19-5-2-1-3-6-19)21-8-10-23(11-9-21)31(28,29)25-18-22-7-4-16-30-22/h1-11,16,20,25H,12-15,17-18H2. The number of carbonyl (C=O) groups is 1. The second kappa shape index (κ2) is 9.49. The van der Waals surface area contributed by atoms with Gasteiger partial charge in [0.05, 0.1) is 17.7 Å². The smallest absolute Gasteiger partial charge is 0.253 e. The molecule has 0 bridgehead atoms. The van der Waals surface area contributed by atoms with Gasteiger partial charge in [-0.3, -0.25) is 4.79 Å². The third kappa shape index (κ3) is 5.42. The number of rotatable bonds is 7. The van der Waals surface area contributed by atoms with E-state index in [1.165, 1.54) is 24.0 Å². The van der Waals surface area contributed by atoms with Gasteiger partial charge in [0.2, 0.25) is 10.0 Å². The fourth-order valence-electron chi connectivity index (χ4n) is 3.91. The van der Waals surface area contributed by atoms with E-state index in [2.05, 4.69) is 29.0 Å². The predicted molar refractivity (Wildman–Crippen MR) is 118 cm³/mol. The summed E-state index contributed by atoms with van der Waals surface area (Å²) in [5.74, 6) is 1.07. The van der Waals surface area contributed by atoms with Gasteiger partial charge in [-0.25, -0.2) is 13.1 Å². The molecular weight excluding hydrogens is 412 g/mol. The fourth-order valence-corrected chi connectivity index (χ4v) is 4.90. The second-order valence-corrected chi connectivity index (χ2v) is 9.62. The Labute approximate surface area is 182 Å². The van der Waals surface area contributed by atoms with Gasteiger partial charge in [0, 0.05) is 18.7 Å². The van der Waals surface area contributed by atoms with Crippen molar-refractivity contribution in [2.24, 2.45) is 5.92 Å². The van der Waals surface area contributed by atoms with Crippen molar-refractivity contribution in [1.29, 1.82) is 0 Å². The van der Waals surface area contributed by atoms with Crippen molar-refractivity contribution >= 4 is 15.9 Å². The number of hydrogen-bond donors (Lipinski definition) is 1. The van der Waals surface area contributed by atoms with E-state index < -0.39 is 10.0 Å². The number of sulfonamides is 1. The Morgan fingerprint density at radius 1 is 0.968 bits per heavy atom. The summed E-state index contributed by atoms with van der Waals surface area (Å²) in [5.41, 5.74) is 1.84. The molecule has 1 aliphatic heterocycles. The SMILES string of the molecule is O=C(c1ccc(S(=O)(=O)NCc2ccco2)cc1)N1CCC(Cc2ccccc2)CC1. The van der Waals surface area contributed by atoms with Crippen LogP contribution in [0.15, 0.2) is 82.3 Å². The zero-order chi connectivity index (χ0) is 21.7. The average molecular weight is 439 g/mol. The third-order valence-electron chi connectivity index (χ3n) is 5.70. The maximum absolute atomic E-state index is 12.9. The quantitative estimate of drug-likeness (QED) is 0.608. The van der Waals surface area contributed by atoms with Crippen LogP contribution in [0.25, 0.3) is 0 Å². The summed E-state index contributed by atoms with van der Waals surface area (Å²) in [7, 11) is -3.68. The van der Waals surface area contributed by atoms with Gasteiger partial charge in [0.25, 0.3) is 5.91 Å². The summed E-state index contributed by atoms with van der Waals surface area (Å²) in [6.45, 7) is 1.52. The molecule has 1 aromatic heterocycles. The van der Waals surface area contributed by atoms with Crippen molar-refractivity contribution in [2.45, 2.75) is 30.7 Å². The van der Waals surface area contributed by atoms with Gasteiger partial charge < -0.3 is 9.32 Å². The number of nitrogens with zero attached hydrogens (tertiary/aromatic N) is 1. The molecule has 162 valence electrons. The van der Waals surface area contributed by atoms with Crippen LogP contribution in [0.1, 0.15) is 34.5 Å². The maximum atomic E-state index is 12.9. The molecule has 1 aliphatic rings. The normalized spacial score (nSPS) is 15.2. The Morgan fingerprint density at radius 3 is 2.32 bits per heavy atom. The van der Waals surface area contributed by atoms with E-state index in [9.17, 15) is 13.2 Å². The molecule has 0 saturated carbocycles. The maximum Gasteiger partial charge on any atom is 0.253 e. The molecule has 0 unspecified atom stereocenters. The molecular formula is C24H26N2O4S. The molecule has 0 spiro atoms. The van der Waals surface area contributed by atoms with E-state index in [-0.39, 0.29) is 17.3 Å². The molecule has 2 heterocycles. The molecule has 1 fully saturated rings. The first-order valence-electron chi connectivity index (χ1n) is 10.5. The molecule has 1 amide bonds. The molecule has 31 heavy (non-hydrogen) atoms. The number of amides is 1. The molecule has 1 saturated heterocycles. The van der Waals surface area contributed by atoms with Crippen molar-refractivity contribution < 1.29 is 17.6 Å². The highest BCUT2D eigenvalue weighted by atomic mass is 32.2. The largest absolute Gasteiger partial charge is 0.468 e. The van der Waals surface area contributed by atoms with Crippen LogP contribution in [0.2, 0.25) is 0 Å². The summed E-state index contributed by atoms with van der Waals surface area (Å²) in [5, 5.41) is 0. The van der Waals surface area contributed by atoms with Gasteiger partial charge in [0.1, 0.15) is 5.76 Å². The molecule has 0 radical (unpaired) electrons. The highest BCUT2D eigenvalue weighted by molar-refractivity contribution is 7.89. The molecule has 0 atom stereocenters. The van der Waals surface area contributed by atoms with Crippen molar-refractivity contribution in [3.05, 3.63) is 89.9 Å². The summed E-state index contributed by atoms with van der Waals surface area (Å²) in [6, 6.07) is 20.0. The Bertz CT molecular complexity index is 1090. The van der Waals surface area contributed by atoms with E-state index in [1.54, 1.807) is 24.3 Å². The Balaban J connectivity index is 1.32. The first-order chi connectivity index (χ1) is 15.0. The van der Waals surface area contributed by atoms with Crippen LogP contribution in [0, 0.1) is 5.92 Å². The van der Waals surface area contributed by atoms with Crippen molar-refractivity contribution in [1.82, 2.24) is 9.62 Å². The van der Waals surface area contributed by atoms with E-state index in [1.807, 2.05) is 11.0 Å². The van der Waals surface area contributed by atoms with Gasteiger partial charge in [-0.15, -0.1) is 0 Å². The first-order valence-corrected chi connectivity index (χ1v) is 11.9. The van der Waals surface area contributed by atoms with E-state index in [0.717, 1.165) is 32.4 Å². The lowest BCUT2D eigenvalue weighted by atomic mass is 9.90. The van der Waals surface area contributed by atoms with Crippen molar-refractivity contribution in [2.75, 3.05) is 13.1 Å². The summed E-state index contributed by atoms with van der Waals surface area (Å²) >= 11 is 0. The van der Waals surface area contributed by atoms with E-state index >= 15 is 0 Å². The van der Waals surface area contributed by atoms with Crippen LogP contribution in [0.4, 0.5) is 0 Å². The number of piperidine rings is 1. The molecule has 1 N–H and O–H groups in total. The van der Waals surface area contributed by atoms with Crippen LogP contribution >= 0.6 is 0 Å². The monoisotopic (exact) mass is 438 g/mol. The Hall–Kier alpha value is -2.90. The minimum atomic E-state index is -3.68. The van der Waals surface area contributed by atoms with Gasteiger partial charge in [0.15, 0.2) is 0 Å². The third-order valence-corrected chi connectivity index (χ3v) is 7.11. The summed E-state index contributed by atoms with van der Waals surface area (Å²) in [4.78, 5) is 14.8. The number of nitrogens with one attached hydrogen (secondary N) is 1. The van der Waals surface area contributed by atoms with Gasteiger partial charge in [-0.05, 0) is 67.1 Å². The number of carbonyl (C=O) groups excluding carboxylic acids is 1. The Morgan fingerprint density at radius 2 is 1.68 bits per heavy atom. The second-order valence-electron chi connectivity index (χ2n) is 7.85. The zero-order valence-electron chi connectivity index (χ0n) is 17.2. The number of benzene rings is 2. The van der Waals surface area contributed by atoms with Crippen molar-refractivity contribution in [3.63, 3.8) is 0 Å². The fraction of sp³-hybridized carbons (Fsp3) is 0.292. The number of hydrogen-bond acceptors (Lipinski definition) is 4. The van der Waals surface area contributed by atoms with E-state index in [4.69, 9.17) is 4.42 Å². The zero-order valence-corrected chi connectivity index (χ0v) is 18.1. The van der Waals surface area contributed by atoms with Crippen LogP contribution < -0.4 is 4.72 Å². The molecule has 2 aromatic carbocycles. The minimum Gasteiger partial charge on any atom is -0.468 e. The van der Waals surface area contributed by atoms with E-state index in [0.29, 0.717) is 17.2 Å². The summed E-state index contributed by atoms with van der Waals surface area (Å²) in [6.07, 6.45) is 4.49. The number of furan rings is 1. The molecule has 6 nitrogen and oxygen atoms in total. The van der Waals surface area contributed by atoms with Crippen LogP contribution in [0.5, 0.6) is 0 Å². The molecule has 7 heteroatoms. The Kier molecular flexibility index (Phi) is 6.53. The van der Waals surface area contributed by atoms with Crippen LogP contribution in [-0.4, -0.2) is 32.3 Å². The molecule has 4 rings (SSSR count). The highest BCUT2D eigenvalue weighted by Crippen LogP contribution is 2.23.